The Kier molecular flexibility index (Phi) is 2.88. The Balaban J connectivity index is 3.18. The van der Waals surface area contributed by atoms with E-state index < -0.39 is 5.82 Å². The second kappa shape index (κ2) is 3.92. The molecule has 0 fully saturated rings. The lowest BCUT2D eigenvalue weighted by atomic mass is 10.1. The third kappa shape index (κ3) is 2.20. The summed E-state index contributed by atoms with van der Waals surface area (Å²) in [5, 5.41) is 8.52. The van der Waals surface area contributed by atoms with Gasteiger partial charge in [-0.15, -0.1) is 0 Å². The van der Waals surface area contributed by atoms with Gasteiger partial charge in [-0.25, -0.2) is 4.39 Å². The molecule has 0 aliphatic rings. The third-order valence-corrected chi connectivity index (χ3v) is 1.77. The van der Waals surface area contributed by atoms with Crippen LogP contribution in [-0.4, -0.2) is 0 Å². The minimum atomic E-state index is -0.432. The molecule has 0 aliphatic heterocycles. The predicted octanol–water partition coefficient (Wildman–Crippen LogP) is 2.30. The normalized spacial score (nSPS) is 11.0. The zero-order valence-corrected chi connectivity index (χ0v) is 7.35. The van der Waals surface area contributed by atoms with Gasteiger partial charge in [0.2, 0.25) is 0 Å². The molecule has 0 amide bonds. The van der Waals surface area contributed by atoms with Crippen LogP contribution >= 0.6 is 11.6 Å². The minimum Gasteiger partial charge on any atom is -0.398 e. The first kappa shape index (κ1) is 9.56. The van der Waals surface area contributed by atoms with Gasteiger partial charge in [0.25, 0.3) is 0 Å². The van der Waals surface area contributed by atoms with E-state index in [1.807, 2.05) is 0 Å². The molecule has 0 bridgehead atoms. The summed E-state index contributed by atoms with van der Waals surface area (Å²) >= 11 is 5.69. The molecule has 4 heteroatoms. The van der Waals surface area contributed by atoms with Crippen molar-refractivity contribution in [3.05, 3.63) is 40.7 Å². The van der Waals surface area contributed by atoms with Crippen molar-refractivity contribution in [3.63, 3.8) is 0 Å². The molecule has 66 valence electrons. The van der Waals surface area contributed by atoms with Gasteiger partial charge in [-0.1, -0.05) is 11.6 Å². The molecule has 0 aliphatic carbocycles. The van der Waals surface area contributed by atoms with Gasteiger partial charge in [0.1, 0.15) is 5.82 Å². The average molecular weight is 197 g/mol. The van der Waals surface area contributed by atoms with Crippen molar-refractivity contribution in [2.45, 2.75) is 0 Å². The lowest BCUT2D eigenvalue weighted by Crippen LogP contribution is -1.96. The molecule has 13 heavy (non-hydrogen) atoms. The van der Waals surface area contributed by atoms with Crippen LogP contribution in [0, 0.1) is 17.1 Å². The molecular weight excluding hydrogens is 191 g/mol. The van der Waals surface area contributed by atoms with Crippen molar-refractivity contribution < 1.29 is 4.39 Å². The molecular formula is C9H6ClFN2. The summed E-state index contributed by atoms with van der Waals surface area (Å²) < 4.78 is 12.6. The summed E-state index contributed by atoms with van der Waals surface area (Å²) in [6.07, 6.45) is 1.15. The van der Waals surface area contributed by atoms with Crippen molar-refractivity contribution in [2.75, 3.05) is 0 Å². The van der Waals surface area contributed by atoms with E-state index in [0.717, 1.165) is 12.1 Å². The SMILES string of the molecule is N#CC=C(N)c1ccc(F)cc1Cl. The van der Waals surface area contributed by atoms with Gasteiger partial charge >= 0.3 is 0 Å². The average Bonchev–Trinajstić information content (AvgIpc) is 2.04. The summed E-state index contributed by atoms with van der Waals surface area (Å²) in [6, 6.07) is 5.58. The Morgan fingerprint density at radius 2 is 2.31 bits per heavy atom. The Morgan fingerprint density at radius 1 is 1.62 bits per heavy atom. The molecule has 0 saturated carbocycles. The van der Waals surface area contributed by atoms with Gasteiger partial charge in [0.05, 0.1) is 16.8 Å². The van der Waals surface area contributed by atoms with E-state index in [2.05, 4.69) is 0 Å². The van der Waals surface area contributed by atoms with Crippen molar-refractivity contribution in [1.82, 2.24) is 0 Å². The van der Waals surface area contributed by atoms with Crippen LogP contribution in [0.15, 0.2) is 24.3 Å². The highest BCUT2D eigenvalue weighted by Gasteiger charge is 2.03. The van der Waals surface area contributed by atoms with Crippen LogP contribution in [0.1, 0.15) is 5.56 Å². The molecule has 2 N–H and O–H groups in total. The lowest BCUT2D eigenvalue weighted by molar-refractivity contribution is 0.628. The number of halogens is 2. The van der Waals surface area contributed by atoms with Crippen molar-refractivity contribution in [3.8, 4) is 6.07 Å². The summed E-state index contributed by atoms with van der Waals surface area (Å²) in [4.78, 5) is 0. The van der Waals surface area contributed by atoms with E-state index in [1.54, 1.807) is 6.07 Å². The largest absolute Gasteiger partial charge is 0.398 e. The van der Waals surface area contributed by atoms with Gasteiger partial charge in [-0.05, 0) is 18.2 Å². The maximum absolute atomic E-state index is 12.6. The molecule has 0 aromatic heterocycles. The van der Waals surface area contributed by atoms with E-state index >= 15 is 0 Å². The second-order valence-corrected chi connectivity index (χ2v) is 2.76. The van der Waals surface area contributed by atoms with Crippen molar-refractivity contribution >= 4 is 17.3 Å². The van der Waals surface area contributed by atoms with E-state index in [9.17, 15) is 4.39 Å². The Hall–Kier alpha value is -1.53. The summed E-state index contributed by atoms with van der Waals surface area (Å²) in [5.41, 5.74) is 6.18. The maximum atomic E-state index is 12.6. The molecule has 0 atom stereocenters. The van der Waals surface area contributed by atoms with E-state index in [0.29, 0.717) is 5.56 Å². The van der Waals surface area contributed by atoms with E-state index in [1.165, 1.54) is 12.1 Å². The number of nitriles is 1. The highest BCUT2D eigenvalue weighted by atomic mass is 35.5. The number of benzene rings is 1. The first-order valence-corrected chi connectivity index (χ1v) is 3.83. The Morgan fingerprint density at radius 3 is 2.85 bits per heavy atom. The Labute approximate surface area is 80.0 Å². The van der Waals surface area contributed by atoms with Crippen molar-refractivity contribution in [1.29, 1.82) is 5.26 Å². The number of rotatable bonds is 1. The fourth-order valence-electron chi connectivity index (χ4n) is 0.871. The first-order valence-electron chi connectivity index (χ1n) is 3.46. The van der Waals surface area contributed by atoms with Gasteiger partial charge in [-0.2, -0.15) is 5.26 Å². The molecule has 0 heterocycles. The molecule has 0 saturated heterocycles. The van der Waals surface area contributed by atoms with Crippen LogP contribution in [0.5, 0.6) is 0 Å². The minimum absolute atomic E-state index is 0.198. The molecule has 1 aromatic carbocycles. The van der Waals surface area contributed by atoms with Gasteiger partial charge in [-0.3, -0.25) is 0 Å². The molecule has 1 rings (SSSR count). The zero-order chi connectivity index (χ0) is 9.84. The lowest BCUT2D eigenvalue weighted by Gasteiger charge is -2.02. The highest BCUT2D eigenvalue weighted by molar-refractivity contribution is 6.32. The quantitative estimate of drug-likeness (QED) is 0.701. The summed E-state index contributed by atoms with van der Waals surface area (Å²) in [5.74, 6) is -0.432. The van der Waals surface area contributed by atoms with Crippen LogP contribution < -0.4 is 5.73 Å². The second-order valence-electron chi connectivity index (χ2n) is 2.35. The standard InChI is InChI=1S/C9H6ClFN2/c10-8-5-6(11)1-2-7(8)9(13)3-4-12/h1-3,5H,13H2. The highest BCUT2D eigenvalue weighted by Crippen LogP contribution is 2.21. The fraction of sp³-hybridized carbons (Fsp3) is 0. The third-order valence-electron chi connectivity index (χ3n) is 1.46. The topological polar surface area (TPSA) is 49.8 Å². The van der Waals surface area contributed by atoms with Crippen LogP contribution in [0.4, 0.5) is 4.39 Å². The van der Waals surface area contributed by atoms with Crippen molar-refractivity contribution in [2.24, 2.45) is 5.73 Å². The maximum Gasteiger partial charge on any atom is 0.124 e. The van der Waals surface area contributed by atoms with E-state index in [-0.39, 0.29) is 10.7 Å². The van der Waals surface area contributed by atoms with Crippen LogP contribution in [0.25, 0.3) is 5.70 Å². The molecule has 2 nitrogen and oxygen atoms in total. The summed E-state index contributed by atoms with van der Waals surface area (Å²) in [7, 11) is 0. The van der Waals surface area contributed by atoms with Crippen LogP contribution in [0.3, 0.4) is 0 Å². The number of hydrogen-bond donors (Lipinski definition) is 1. The predicted molar refractivity (Wildman–Crippen MR) is 49.2 cm³/mol. The number of nitrogens with zero attached hydrogens (tertiary/aromatic N) is 1. The van der Waals surface area contributed by atoms with Gasteiger partial charge in [0.15, 0.2) is 0 Å². The van der Waals surface area contributed by atoms with Crippen LogP contribution in [-0.2, 0) is 0 Å². The monoisotopic (exact) mass is 196 g/mol. The number of hydrogen-bond acceptors (Lipinski definition) is 2. The molecule has 0 radical (unpaired) electrons. The Bertz CT molecular complexity index is 393. The number of nitrogens with two attached hydrogens (primary N) is 1. The molecule has 0 spiro atoms. The zero-order valence-electron chi connectivity index (χ0n) is 6.59. The van der Waals surface area contributed by atoms with Gasteiger partial charge < -0.3 is 5.73 Å². The number of allylic oxidation sites excluding steroid dienone is 1. The van der Waals surface area contributed by atoms with Crippen LogP contribution in [0.2, 0.25) is 5.02 Å². The first-order chi connectivity index (χ1) is 6.15. The van der Waals surface area contributed by atoms with E-state index in [4.69, 9.17) is 22.6 Å². The fourth-order valence-corrected chi connectivity index (χ4v) is 1.15. The smallest absolute Gasteiger partial charge is 0.124 e. The van der Waals surface area contributed by atoms with Gasteiger partial charge in [0, 0.05) is 11.6 Å². The molecule has 1 aromatic rings. The summed E-state index contributed by atoms with van der Waals surface area (Å²) in [6.45, 7) is 0. The molecule has 0 unspecified atom stereocenters.